The molecular formula is C12H22ClNO. The van der Waals surface area contributed by atoms with E-state index in [4.69, 9.17) is 16.3 Å². The van der Waals surface area contributed by atoms with Crippen LogP contribution in [0.4, 0.5) is 0 Å². The number of nitrogens with zero attached hydrogens (tertiary/aromatic N) is 1. The maximum atomic E-state index is 5.85. The topological polar surface area (TPSA) is 12.5 Å². The number of ether oxygens (including phenoxy) is 1. The quantitative estimate of drug-likeness (QED) is 0.545. The van der Waals surface area contributed by atoms with Crippen molar-refractivity contribution in [2.24, 2.45) is 0 Å². The summed E-state index contributed by atoms with van der Waals surface area (Å²) in [6, 6.07) is 0.711. The predicted molar refractivity (Wildman–Crippen MR) is 63.5 cm³/mol. The van der Waals surface area contributed by atoms with Crippen LogP contribution in [0.15, 0.2) is 0 Å². The first-order valence-corrected chi connectivity index (χ1v) is 6.87. The summed E-state index contributed by atoms with van der Waals surface area (Å²) >= 11 is 5.71. The van der Waals surface area contributed by atoms with Crippen molar-refractivity contribution in [2.45, 2.75) is 50.7 Å². The molecule has 15 heavy (non-hydrogen) atoms. The number of alkyl halides is 1. The average molecular weight is 232 g/mol. The van der Waals surface area contributed by atoms with Crippen molar-refractivity contribution in [2.75, 3.05) is 25.6 Å². The molecular weight excluding hydrogens is 210 g/mol. The van der Waals surface area contributed by atoms with E-state index in [1.165, 1.54) is 38.6 Å². The van der Waals surface area contributed by atoms with Crippen LogP contribution in [0.2, 0.25) is 0 Å². The van der Waals surface area contributed by atoms with Gasteiger partial charge in [-0.15, -0.1) is 11.6 Å². The van der Waals surface area contributed by atoms with Gasteiger partial charge in [0, 0.05) is 18.5 Å². The molecule has 0 amide bonds. The van der Waals surface area contributed by atoms with Gasteiger partial charge in [0.1, 0.15) is 0 Å². The lowest BCUT2D eigenvalue weighted by Gasteiger charge is -2.43. The molecule has 2 rings (SSSR count). The SMILES string of the molecule is ClCCCCN1CCOC2CCCCC21. The molecule has 2 aliphatic rings. The molecule has 1 heterocycles. The first kappa shape index (κ1) is 11.7. The number of halogens is 1. The van der Waals surface area contributed by atoms with Crippen molar-refractivity contribution in [1.29, 1.82) is 0 Å². The highest BCUT2D eigenvalue weighted by molar-refractivity contribution is 6.17. The van der Waals surface area contributed by atoms with Gasteiger partial charge in [0.2, 0.25) is 0 Å². The average Bonchev–Trinajstić information content (AvgIpc) is 2.30. The third-order valence-corrected chi connectivity index (χ3v) is 3.94. The van der Waals surface area contributed by atoms with Gasteiger partial charge in [0.15, 0.2) is 0 Å². The van der Waals surface area contributed by atoms with E-state index in [2.05, 4.69) is 4.90 Å². The maximum Gasteiger partial charge on any atom is 0.0730 e. The van der Waals surface area contributed by atoms with Crippen molar-refractivity contribution < 1.29 is 4.74 Å². The molecule has 2 unspecified atom stereocenters. The molecule has 1 saturated carbocycles. The Kier molecular flexibility index (Phi) is 4.73. The van der Waals surface area contributed by atoms with E-state index in [0.29, 0.717) is 12.1 Å². The standard InChI is InChI=1S/C12H22ClNO/c13-7-3-4-8-14-9-10-15-12-6-2-1-5-11(12)14/h11-12H,1-10H2. The van der Waals surface area contributed by atoms with E-state index >= 15 is 0 Å². The molecule has 1 aliphatic carbocycles. The summed E-state index contributed by atoms with van der Waals surface area (Å²) in [5, 5.41) is 0. The van der Waals surface area contributed by atoms with Crippen molar-refractivity contribution in [3.8, 4) is 0 Å². The molecule has 1 aliphatic heterocycles. The van der Waals surface area contributed by atoms with Crippen molar-refractivity contribution in [1.82, 2.24) is 4.90 Å². The highest BCUT2D eigenvalue weighted by atomic mass is 35.5. The van der Waals surface area contributed by atoms with Gasteiger partial charge in [-0.3, -0.25) is 4.90 Å². The minimum Gasteiger partial charge on any atom is -0.375 e. The summed E-state index contributed by atoms with van der Waals surface area (Å²) in [7, 11) is 0. The number of fused-ring (bicyclic) bond motifs is 1. The van der Waals surface area contributed by atoms with Gasteiger partial charge >= 0.3 is 0 Å². The van der Waals surface area contributed by atoms with Crippen LogP contribution < -0.4 is 0 Å². The van der Waals surface area contributed by atoms with Crippen LogP contribution in [0, 0.1) is 0 Å². The molecule has 0 bridgehead atoms. The smallest absolute Gasteiger partial charge is 0.0730 e. The predicted octanol–water partition coefficient (Wildman–Crippen LogP) is 2.65. The summed E-state index contributed by atoms with van der Waals surface area (Å²) in [6.45, 7) is 3.28. The van der Waals surface area contributed by atoms with Gasteiger partial charge in [0.25, 0.3) is 0 Å². The third kappa shape index (κ3) is 3.08. The molecule has 0 aromatic carbocycles. The third-order valence-electron chi connectivity index (χ3n) is 3.68. The fourth-order valence-electron chi connectivity index (χ4n) is 2.86. The first-order chi connectivity index (χ1) is 7.42. The highest BCUT2D eigenvalue weighted by Crippen LogP contribution is 2.28. The molecule has 2 atom stereocenters. The van der Waals surface area contributed by atoms with Crippen LogP contribution in [0.1, 0.15) is 38.5 Å². The Morgan fingerprint density at radius 1 is 1.20 bits per heavy atom. The van der Waals surface area contributed by atoms with Crippen LogP contribution >= 0.6 is 11.6 Å². The van der Waals surface area contributed by atoms with Crippen LogP contribution in [0.3, 0.4) is 0 Å². The normalized spacial score (nSPS) is 32.6. The minimum absolute atomic E-state index is 0.531. The summed E-state index contributed by atoms with van der Waals surface area (Å²) in [5.74, 6) is 0.804. The molecule has 0 radical (unpaired) electrons. The zero-order valence-corrected chi connectivity index (χ0v) is 10.2. The van der Waals surface area contributed by atoms with Gasteiger partial charge in [-0.1, -0.05) is 12.8 Å². The van der Waals surface area contributed by atoms with E-state index < -0.39 is 0 Å². The van der Waals surface area contributed by atoms with Crippen LogP contribution in [0.25, 0.3) is 0 Å². The number of rotatable bonds is 4. The molecule has 0 N–H and O–H groups in total. The lowest BCUT2D eigenvalue weighted by Crippen LogP contribution is -2.52. The molecule has 1 saturated heterocycles. The van der Waals surface area contributed by atoms with Gasteiger partial charge < -0.3 is 4.74 Å². The monoisotopic (exact) mass is 231 g/mol. The van der Waals surface area contributed by atoms with Crippen molar-refractivity contribution in [3.05, 3.63) is 0 Å². The Balaban J connectivity index is 1.81. The van der Waals surface area contributed by atoms with E-state index in [0.717, 1.165) is 25.5 Å². The lowest BCUT2D eigenvalue weighted by atomic mass is 9.90. The second-order valence-electron chi connectivity index (χ2n) is 4.69. The van der Waals surface area contributed by atoms with E-state index in [-0.39, 0.29) is 0 Å². The first-order valence-electron chi connectivity index (χ1n) is 6.33. The molecule has 0 spiro atoms. The summed E-state index contributed by atoms with van der Waals surface area (Å²) in [5.41, 5.74) is 0. The Morgan fingerprint density at radius 2 is 2.07 bits per heavy atom. The second-order valence-corrected chi connectivity index (χ2v) is 5.07. The van der Waals surface area contributed by atoms with E-state index in [1.807, 2.05) is 0 Å². The van der Waals surface area contributed by atoms with Crippen LogP contribution in [-0.4, -0.2) is 42.6 Å². The van der Waals surface area contributed by atoms with Gasteiger partial charge in [-0.05, 0) is 32.2 Å². The number of hydrogen-bond acceptors (Lipinski definition) is 2. The largest absolute Gasteiger partial charge is 0.375 e. The Bertz CT molecular complexity index is 186. The Labute approximate surface area is 97.9 Å². The van der Waals surface area contributed by atoms with E-state index in [9.17, 15) is 0 Å². The minimum atomic E-state index is 0.531. The maximum absolute atomic E-state index is 5.85. The molecule has 3 heteroatoms. The van der Waals surface area contributed by atoms with Crippen molar-refractivity contribution >= 4 is 11.6 Å². The van der Waals surface area contributed by atoms with Crippen molar-refractivity contribution in [3.63, 3.8) is 0 Å². The highest BCUT2D eigenvalue weighted by Gasteiger charge is 2.33. The number of unbranched alkanes of at least 4 members (excludes halogenated alkanes) is 1. The molecule has 88 valence electrons. The molecule has 2 fully saturated rings. The summed E-state index contributed by atoms with van der Waals surface area (Å²) < 4.78 is 5.85. The van der Waals surface area contributed by atoms with Gasteiger partial charge in [0.05, 0.1) is 12.7 Å². The Morgan fingerprint density at radius 3 is 2.93 bits per heavy atom. The molecule has 2 nitrogen and oxygen atoms in total. The fraction of sp³-hybridized carbons (Fsp3) is 1.00. The van der Waals surface area contributed by atoms with E-state index in [1.54, 1.807) is 0 Å². The van der Waals surface area contributed by atoms with Crippen LogP contribution in [0.5, 0.6) is 0 Å². The van der Waals surface area contributed by atoms with Gasteiger partial charge in [-0.25, -0.2) is 0 Å². The summed E-state index contributed by atoms with van der Waals surface area (Å²) in [4.78, 5) is 2.64. The van der Waals surface area contributed by atoms with Gasteiger partial charge in [-0.2, -0.15) is 0 Å². The zero-order valence-electron chi connectivity index (χ0n) is 9.46. The number of hydrogen-bond donors (Lipinski definition) is 0. The molecule has 0 aromatic heterocycles. The number of morpholine rings is 1. The fourth-order valence-corrected chi connectivity index (χ4v) is 3.05. The second kappa shape index (κ2) is 6.07. The zero-order chi connectivity index (χ0) is 10.5. The van der Waals surface area contributed by atoms with Crippen LogP contribution in [-0.2, 0) is 4.74 Å². The molecule has 0 aromatic rings. The summed E-state index contributed by atoms with van der Waals surface area (Å²) in [6.07, 6.45) is 8.28. The Hall–Kier alpha value is 0.210. The lowest BCUT2D eigenvalue weighted by molar-refractivity contribution is -0.0881.